The number of thioether (sulfide) groups is 1. The maximum atomic E-state index is 13.9. The molecule has 0 bridgehead atoms. The molecule has 0 amide bonds. The zero-order chi connectivity index (χ0) is 26.4. The number of methoxy groups -OCH3 is 2. The second kappa shape index (κ2) is 9.22. The van der Waals surface area contributed by atoms with E-state index >= 15 is 0 Å². The van der Waals surface area contributed by atoms with Gasteiger partial charge in [0.25, 0.3) is 0 Å². The Balaban J connectivity index is 2.08. The number of carboxylic acid groups (broad SMARTS) is 1. The molecule has 0 fully saturated rings. The highest BCUT2D eigenvalue weighted by molar-refractivity contribution is 8.00. The van der Waals surface area contributed by atoms with E-state index in [0.29, 0.717) is 10.6 Å². The van der Waals surface area contributed by atoms with Crippen molar-refractivity contribution in [2.75, 3.05) is 14.2 Å². The van der Waals surface area contributed by atoms with Crippen LogP contribution >= 0.6 is 11.8 Å². The van der Waals surface area contributed by atoms with Crippen molar-refractivity contribution in [2.24, 2.45) is 0 Å². The number of fused-ring (bicyclic) bond motifs is 3. The second-order valence-corrected chi connectivity index (χ2v) is 8.98. The van der Waals surface area contributed by atoms with Gasteiger partial charge in [-0.15, -0.1) is 22.0 Å². The molecule has 2 aromatic carbocycles. The third kappa shape index (κ3) is 4.56. The number of hydrogen-bond donors (Lipinski definition) is 1. The van der Waals surface area contributed by atoms with E-state index in [1.54, 1.807) is 12.1 Å². The highest BCUT2D eigenvalue weighted by Gasteiger charge is 2.44. The molecule has 0 unspecified atom stereocenters. The molecule has 0 aliphatic carbocycles. The number of hydrogen-bond acceptors (Lipinski definition) is 6. The van der Waals surface area contributed by atoms with Crippen LogP contribution in [0, 0.1) is 0 Å². The van der Waals surface area contributed by atoms with E-state index in [1.165, 1.54) is 20.3 Å². The van der Waals surface area contributed by atoms with Crippen LogP contribution in [-0.2, 0) is 17.1 Å². The van der Waals surface area contributed by atoms with Gasteiger partial charge in [0.05, 0.1) is 42.4 Å². The van der Waals surface area contributed by atoms with Gasteiger partial charge in [-0.05, 0) is 29.8 Å². The molecule has 2 heterocycles. The lowest BCUT2D eigenvalue weighted by Crippen LogP contribution is -2.17. The van der Waals surface area contributed by atoms with Crippen LogP contribution in [0.25, 0.3) is 5.69 Å². The molecule has 7 nitrogen and oxygen atoms in total. The van der Waals surface area contributed by atoms with Crippen LogP contribution < -0.4 is 9.47 Å². The SMILES string of the molecule is COc1cccc([C@H]2S[C@H](CC(=O)O)c3nnc(C(F)(F)F)n3-c3ccc(C(F)(F)F)cc32)c1OC. The van der Waals surface area contributed by atoms with Crippen LogP contribution in [0.2, 0.25) is 0 Å². The van der Waals surface area contributed by atoms with Gasteiger partial charge in [-0.2, -0.15) is 26.3 Å². The number of para-hydroxylation sites is 1. The van der Waals surface area contributed by atoms with Gasteiger partial charge in [-0.3, -0.25) is 9.36 Å². The van der Waals surface area contributed by atoms with Crippen molar-refractivity contribution in [1.82, 2.24) is 14.8 Å². The molecule has 3 aromatic rings. The molecule has 0 spiro atoms. The number of aliphatic carboxylic acids is 1. The van der Waals surface area contributed by atoms with Crippen molar-refractivity contribution < 1.29 is 45.7 Å². The smallest absolute Gasteiger partial charge is 0.452 e. The molecule has 4 rings (SSSR count). The molecule has 0 radical (unpaired) electrons. The van der Waals surface area contributed by atoms with Crippen molar-refractivity contribution in [3.8, 4) is 17.2 Å². The first kappa shape index (κ1) is 25.7. The summed E-state index contributed by atoms with van der Waals surface area (Å²) >= 11 is 0.837. The molecule has 1 N–H and O–H groups in total. The lowest BCUT2D eigenvalue weighted by Gasteiger charge is -2.24. The second-order valence-electron chi connectivity index (χ2n) is 7.67. The standard InChI is InChI=1S/C22H17F6N3O4S/c1-34-14-5-3-4-11(17(14)35-2)18-12-8-10(21(23,24)25)6-7-13(12)31-19(15(36-18)9-16(32)33)29-30-20(31)22(26,27)28/h3-8,15,18H,9H2,1-2H3,(H,32,33)/t15-,18-/m1/s1. The largest absolute Gasteiger partial charge is 0.493 e. The number of nitrogens with zero attached hydrogens (tertiary/aromatic N) is 3. The van der Waals surface area contributed by atoms with Crippen LogP contribution in [-0.4, -0.2) is 40.1 Å². The first-order valence-electron chi connectivity index (χ1n) is 10.2. The van der Waals surface area contributed by atoms with E-state index in [9.17, 15) is 36.2 Å². The summed E-state index contributed by atoms with van der Waals surface area (Å²) in [5, 5.41) is 14.0. The van der Waals surface area contributed by atoms with Gasteiger partial charge >= 0.3 is 18.3 Å². The molecular formula is C22H17F6N3O4S. The Morgan fingerprint density at radius 3 is 2.33 bits per heavy atom. The van der Waals surface area contributed by atoms with Crippen molar-refractivity contribution in [3.05, 3.63) is 64.7 Å². The number of rotatable bonds is 5. The van der Waals surface area contributed by atoms with Gasteiger partial charge < -0.3 is 14.6 Å². The van der Waals surface area contributed by atoms with Crippen molar-refractivity contribution in [1.29, 1.82) is 0 Å². The number of alkyl halides is 6. The van der Waals surface area contributed by atoms with E-state index in [-0.39, 0.29) is 34.1 Å². The van der Waals surface area contributed by atoms with E-state index < -0.39 is 46.6 Å². The number of halogens is 6. The average Bonchev–Trinajstić information content (AvgIpc) is 3.21. The maximum absolute atomic E-state index is 13.9. The van der Waals surface area contributed by atoms with Gasteiger partial charge in [0, 0.05) is 5.56 Å². The minimum Gasteiger partial charge on any atom is -0.493 e. The zero-order valence-electron chi connectivity index (χ0n) is 18.5. The van der Waals surface area contributed by atoms with Crippen molar-refractivity contribution in [3.63, 3.8) is 0 Å². The zero-order valence-corrected chi connectivity index (χ0v) is 19.3. The quantitative estimate of drug-likeness (QED) is 0.423. The summed E-state index contributed by atoms with van der Waals surface area (Å²) in [6.45, 7) is 0. The average molecular weight is 533 g/mol. The van der Waals surface area contributed by atoms with Crippen molar-refractivity contribution >= 4 is 17.7 Å². The Morgan fingerprint density at radius 2 is 1.75 bits per heavy atom. The predicted octanol–water partition coefficient (Wildman–Crippen LogP) is 5.67. The number of aromatic nitrogens is 3. The first-order chi connectivity index (χ1) is 16.9. The molecule has 1 aliphatic heterocycles. The number of benzene rings is 2. The summed E-state index contributed by atoms with van der Waals surface area (Å²) in [4.78, 5) is 11.6. The minimum atomic E-state index is -5.02. The van der Waals surface area contributed by atoms with Gasteiger partial charge in [0.1, 0.15) is 0 Å². The Bertz CT molecular complexity index is 1310. The Labute approximate surface area is 204 Å². The van der Waals surface area contributed by atoms with E-state index in [1.807, 2.05) is 0 Å². The summed E-state index contributed by atoms with van der Waals surface area (Å²) in [5.41, 5.74) is -1.22. The van der Waals surface area contributed by atoms with Gasteiger partial charge in [0.2, 0.25) is 5.82 Å². The molecule has 2 atom stereocenters. The normalized spacial score (nSPS) is 17.7. The van der Waals surface area contributed by atoms with Crippen LogP contribution in [0.1, 0.15) is 45.3 Å². The summed E-state index contributed by atoms with van der Waals surface area (Å²) in [6.07, 6.45) is -10.5. The fourth-order valence-electron chi connectivity index (χ4n) is 4.03. The molecular weight excluding hydrogens is 516 g/mol. The van der Waals surface area contributed by atoms with Gasteiger partial charge in [0.15, 0.2) is 17.3 Å². The highest BCUT2D eigenvalue weighted by Crippen LogP contribution is 2.54. The molecule has 0 saturated heterocycles. The lowest BCUT2D eigenvalue weighted by molar-refractivity contribution is -0.146. The highest BCUT2D eigenvalue weighted by atomic mass is 32.2. The predicted molar refractivity (Wildman–Crippen MR) is 115 cm³/mol. The summed E-state index contributed by atoms with van der Waals surface area (Å²) in [5.74, 6) is -2.79. The number of carbonyl (C=O) groups is 1. The van der Waals surface area contributed by atoms with E-state index in [2.05, 4.69) is 10.2 Å². The number of ether oxygens (including phenoxy) is 2. The summed E-state index contributed by atoms with van der Waals surface area (Å²) in [6, 6.07) is 6.93. The van der Waals surface area contributed by atoms with E-state index in [4.69, 9.17) is 9.47 Å². The van der Waals surface area contributed by atoms with E-state index in [0.717, 1.165) is 23.9 Å². The first-order valence-corrected chi connectivity index (χ1v) is 11.1. The van der Waals surface area contributed by atoms with Crippen LogP contribution in [0.5, 0.6) is 11.5 Å². The summed E-state index contributed by atoms with van der Waals surface area (Å²) in [7, 11) is 2.66. The topological polar surface area (TPSA) is 86.5 Å². The Hall–Kier alpha value is -3.42. The van der Waals surface area contributed by atoms with Gasteiger partial charge in [-0.25, -0.2) is 0 Å². The Morgan fingerprint density at radius 1 is 1.03 bits per heavy atom. The number of carboxylic acids is 1. The van der Waals surface area contributed by atoms with Gasteiger partial charge in [-0.1, -0.05) is 12.1 Å². The molecule has 1 aliphatic rings. The van der Waals surface area contributed by atoms with Crippen LogP contribution in [0.15, 0.2) is 36.4 Å². The van der Waals surface area contributed by atoms with Crippen LogP contribution in [0.4, 0.5) is 26.3 Å². The van der Waals surface area contributed by atoms with Crippen molar-refractivity contribution in [2.45, 2.75) is 29.3 Å². The summed E-state index contributed by atoms with van der Waals surface area (Å²) < 4.78 is 93.9. The third-order valence-electron chi connectivity index (χ3n) is 5.48. The third-order valence-corrected chi connectivity index (χ3v) is 6.97. The van der Waals surface area contributed by atoms with Crippen LogP contribution in [0.3, 0.4) is 0 Å². The monoisotopic (exact) mass is 533 g/mol. The molecule has 36 heavy (non-hydrogen) atoms. The minimum absolute atomic E-state index is 0.142. The lowest BCUT2D eigenvalue weighted by atomic mass is 9.98. The molecule has 192 valence electrons. The molecule has 0 saturated carbocycles. The molecule has 1 aromatic heterocycles. The Kier molecular flexibility index (Phi) is 6.58. The maximum Gasteiger partial charge on any atom is 0.452 e. The fourth-order valence-corrected chi connectivity index (χ4v) is 5.54. The fraction of sp³-hybridized carbons (Fsp3) is 0.318. The molecule has 14 heteroatoms.